The molecule has 8 fully saturated rings. The second-order valence-corrected chi connectivity index (χ2v) is 39.6. The normalized spacial score (nSPS) is 17.4. The lowest BCUT2D eigenvalue weighted by molar-refractivity contribution is -0.195. The van der Waals surface area contributed by atoms with Crippen molar-refractivity contribution in [2.75, 3.05) is 160 Å². The van der Waals surface area contributed by atoms with Gasteiger partial charge in [-0.2, -0.15) is 0 Å². The third-order valence-corrected chi connectivity index (χ3v) is 28.2. The number of ether oxygens (including phenoxy) is 16. The SMILES string of the molecule is COc1cc2c(Oc3ccc4c(c3)C=C(C)C4)ccnc2cc1OCCC(=O)N1CC2(COC2)C1.COc1cc2c(Oc3ccc4c(c3)C=C(C)C4)ccnc2cc1OCCCC(=O)N1CC2(COC2)C1.COc1cc2c(Oc3ccc4c(c3)C=C(C)C4)ncnc2cc1OCCC(=O)N1CC2(COC2)C1.COc1cc2c(Oc3ccc4c(c3)C=C(C)C4)ncnc2cc1OCCCC(=O)N1CC2(COC2)C1. The minimum atomic E-state index is 0.0969. The van der Waals surface area contributed by atoms with E-state index in [2.05, 4.69) is 118 Å². The molecule has 4 amide bonds. The van der Waals surface area contributed by atoms with Crippen LogP contribution in [0.3, 0.4) is 0 Å². The molecule has 12 aromatic rings. The van der Waals surface area contributed by atoms with Gasteiger partial charge in [-0.15, -0.1) is 0 Å². The van der Waals surface area contributed by atoms with E-state index in [1.807, 2.05) is 111 Å². The molecule has 12 aliphatic rings. The van der Waals surface area contributed by atoms with Crippen LogP contribution in [-0.2, 0) is 63.8 Å². The van der Waals surface area contributed by atoms with Gasteiger partial charge in [0, 0.05) is 113 Å². The Bertz CT molecular complexity index is 6630. The summed E-state index contributed by atoms with van der Waals surface area (Å²) >= 11 is 0. The van der Waals surface area contributed by atoms with Crippen LogP contribution < -0.4 is 56.8 Å². The van der Waals surface area contributed by atoms with Crippen molar-refractivity contribution in [3.8, 4) is 92.3 Å². The maximum absolute atomic E-state index is 12.5. The summed E-state index contributed by atoms with van der Waals surface area (Å²) in [7, 11) is 6.40. The molecule has 30 heteroatoms. The standard InChI is InChI=1S/C29H30N2O5.C28H29N3O5.C28H28N2O5.C27H27N3O5/c1-19-10-20-5-6-22(12-21(20)11-19)36-25-7-8-30-24-14-27(26(33-2)13-23(24)25)35-9-3-4-28(32)31-15-29(16-31)17-34-18-29;1-18-8-19-5-6-21(10-20(19)9-18)36-27-22-11-24(33-2)25(12-23(22)29-17-30-27)35-7-3-4-26(32)31-13-28(14-31)15-34-16-28;1-18-9-19-3-4-21(11-20(19)10-18)35-24-5-7-29-23-13-26(25(32-2)12-22(23)24)34-8-6-27(31)30-14-28(15-30)16-33-17-28;1-17-7-18-3-4-20(9-19(18)8-17)35-26-21-10-23(32-2)24(11-22(21)28-16-29-26)34-6-5-25(31)30-12-27(13-30)14-33-15-27/h5-8,11-14H,3-4,9-10,15-18H2,1-2H3;5-6,9-12,17H,3-4,7-8,13-16H2,1-2H3;3-5,7,10-13H,6,8-9,14-17H2,1-2H3;3-4,8-11,16H,5-7,12-15H2,1-2H3. The number of hydrogen-bond donors (Lipinski definition) is 0. The quantitative estimate of drug-likeness (QED) is 0.0378. The number of aromatic nitrogens is 6. The second-order valence-electron chi connectivity index (χ2n) is 39.6. The summed E-state index contributed by atoms with van der Waals surface area (Å²) in [6, 6.07) is 43.1. The summed E-state index contributed by atoms with van der Waals surface area (Å²) in [5.74, 6) is 10.4. The van der Waals surface area contributed by atoms with E-state index < -0.39 is 0 Å². The van der Waals surface area contributed by atoms with Crippen molar-refractivity contribution >= 4 is 91.5 Å². The molecule has 4 spiro atoms. The predicted octanol–water partition coefficient (Wildman–Crippen LogP) is 18.1. The number of amides is 4. The zero-order valence-electron chi connectivity index (χ0n) is 81.2. The van der Waals surface area contributed by atoms with Crippen LogP contribution in [0.2, 0.25) is 0 Å². The Morgan fingerprint density at radius 2 is 0.570 bits per heavy atom. The van der Waals surface area contributed by atoms with Crippen LogP contribution in [0.25, 0.3) is 67.9 Å². The topological polar surface area (TPSA) is 306 Å². The Kier molecular flexibility index (Phi) is 26.4. The number of allylic oxidation sites excluding steroid dienone is 4. The first-order valence-corrected chi connectivity index (χ1v) is 48.5. The number of hydrogen-bond acceptors (Lipinski definition) is 26. The molecule has 0 unspecified atom stereocenters. The number of carbonyl (C=O) groups excluding carboxylic acids is 4. The zero-order valence-corrected chi connectivity index (χ0v) is 81.2. The van der Waals surface area contributed by atoms with Crippen molar-refractivity contribution in [2.24, 2.45) is 21.7 Å². The van der Waals surface area contributed by atoms with Crippen molar-refractivity contribution in [2.45, 2.75) is 91.9 Å². The first-order chi connectivity index (χ1) is 69.1. The maximum Gasteiger partial charge on any atom is 0.230 e. The summed E-state index contributed by atoms with van der Waals surface area (Å²) in [5, 5.41) is 3.12. The van der Waals surface area contributed by atoms with Gasteiger partial charge in [-0.1, -0.05) is 70.9 Å². The number of pyridine rings is 2. The van der Waals surface area contributed by atoms with E-state index in [0.29, 0.717) is 143 Å². The summed E-state index contributed by atoms with van der Waals surface area (Å²) in [4.78, 5) is 83.8. The van der Waals surface area contributed by atoms with Crippen LogP contribution in [0.1, 0.15) is 111 Å². The molecule has 12 heterocycles. The monoisotopic (exact) mass is 1920 g/mol. The number of benzene rings is 8. The highest BCUT2D eigenvalue weighted by atomic mass is 16.5. The predicted molar refractivity (Wildman–Crippen MR) is 533 cm³/mol. The number of nitrogens with zero attached hydrogens (tertiary/aromatic N) is 10. The maximum atomic E-state index is 12.5. The molecule has 4 aromatic heterocycles. The minimum Gasteiger partial charge on any atom is -0.493 e. The lowest BCUT2D eigenvalue weighted by atomic mass is 9.78. The second kappa shape index (κ2) is 39.9. The molecule has 30 nitrogen and oxygen atoms in total. The van der Waals surface area contributed by atoms with Crippen LogP contribution >= 0.6 is 0 Å². The van der Waals surface area contributed by atoms with Crippen molar-refractivity contribution in [1.82, 2.24) is 49.5 Å². The summed E-state index contributed by atoms with van der Waals surface area (Å²) in [5.41, 5.74) is 19.2. The first kappa shape index (κ1) is 93.8. The number of rotatable bonds is 30. The number of likely N-dealkylation sites (tertiary alicyclic amines) is 4. The Hall–Kier alpha value is -14.5. The summed E-state index contributed by atoms with van der Waals surface area (Å²) < 4.78 is 92.2. The largest absolute Gasteiger partial charge is 0.493 e. The van der Waals surface area contributed by atoms with Gasteiger partial charge in [0.05, 0.1) is 175 Å². The van der Waals surface area contributed by atoms with E-state index in [1.165, 1.54) is 79.5 Å². The van der Waals surface area contributed by atoms with Crippen LogP contribution in [0.5, 0.6) is 92.3 Å². The molecule has 4 aliphatic carbocycles. The van der Waals surface area contributed by atoms with Crippen molar-refractivity contribution < 1.29 is 95.0 Å². The summed E-state index contributed by atoms with van der Waals surface area (Å²) in [6.07, 6.45) is 22.0. The van der Waals surface area contributed by atoms with Crippen LogP contribution in [0, 0.1) is 21.7 Å². The molecule has 8 aliphatic heterocycles. The highest BCUT2D eigenvalue weighted by Crippen LogP contribution is 2.48. The van der Waals surface area contributed by atoms with Crippen LogP contribution in [-0.4, -0.2) is 233 Å². The van der Waals surface area contributed by atoms with Gasteiger partial charge >= 0.3 is 0 Å². The smallest absolute Gasteiger partial charge is 0.230 e. The zero-order chi connectivity index (χ0) is 97.4. The summed E-state index contributed by atoms with van der Waals surface area (Å²) in [6.45, 7) is 22.5. The molecule has 8 aromatic carbocycles. The van der Waals surface area contributed by atoms with E-state index >= 15 is 0 Å². The Labute approximate surface area is 822 Å². The first-order valence-electron chi connectivity index (χ1n) is 48.5. The van der Waals surface area contributed by atoms with Crippen LogP contribution in [0.15, 0.2) is 181 Å². The molecular weight excluding hydrogens is 1810 g/mol. The molecule has 0 radical (unpaired) electrons. The number of methoxy groups -OCH3 is 4. The van der Waals surface area contributed by atoms with Gasteiger partial charge in [0.15, 0.2) is 46.0 Å². The van der Waals surface area contributed by atoms with Gasteiger partial charge in [-0.3, -0.25) is 29.1 Å². The fourth-order valence-electron chi connectivity index (χ4n) is 20.4. The molecule has 142 heavy (non-hydrogen) atoms. The van der Waals surface area contributed by atoms with Crippen molar-refractivity contribution in [3.63, 3.8) is 0 Å². The number of carbonyl (C=O) groups is 4. The van der Waals surface area contributed by atoms with Crippen LogP contribution in [0.4, 0.5) is 0 Å². The Balaban J connectivity index is 0.000000112. The molecule has 0 N–H and O–H groups in total. The van der Waals surface area contributed by atoms with Gasteiger partial charge in [0.2, 0.25) is 35.4 Å². The molecule has 0 bridgehead atoms. The lowest BCUT2D eigenvalue weighted by Crippen LogP contribution is -2.67. The van der Waals surface area contributed by atoms with Crippen molar-refractivity contribution in [1.29, 1.82) is 0 Å². The fourth-order valence-corrected chi connectivity index (χ4v) is 20.4. The third kappa shape index (κ3) is 20.1. The van der Waals surface area contributed by atoms with E-state index in [9.17, 15) is 19.2 Å². The lowest BCUT2D eigenvalue weighted by Gasteiger charge is -2.55. The fraction of sp³-hybridized carbons (Fsp3) is 0.375. The minimum absolute atomic E-state index is 0.0969. The van der Waals surface area contributed by atoms with Gasteiger partial charge < -0.3 is 95.4 Å². The van der Waals surface area contributed by atoms with E-state index in [0.717, 1.165) is 175 Å². The third-order valence-electron chi connectivity index (χ3n) is 28.2. The molecular formula is C112H114N10O20. The Morgan fingerprint density at radius 3 is 0.859 bits per heavy atom. The van der Waals surface area contributed by atoms with Gasteiger partial charge in [0.1, 0.15) is 47.2 Å². The van der Waals surface area contributed by atoms with Gasteiger partial charge in [-0.25, -0.2) is 19.9 Å². The molecule has 0 saturated carbocycles. The van der Waals surface area contributed by atoms with E-state index in [4.69, 9.17) is 75.8 Å². The number of fused-ring (bicyclic) bond motifs is 8. The highest BCUT2D eigenvalue weighted by molar-refractivity contribution is 5.92. The molecule has 8 saturated heterocycles. The van der Waals surface area contributed by atoms with E-state index in [-0.39, 0.29) is 58.5 Å². The van der Waals surface area contributed by atoms with Gasteiger partial charge in [0.25, 0.3) is 0 Å². The molecule has 732 valence electrons. The highest BCUT2D eigenvalue weighted by Gasteiger charge is 2.53. The van der Waals surface area contributed by atoms with Crippen molar-refractivity contribution in [3.05, 3.63) is 225 Å². The average molecular weight is 1920 g/mol. The Morgan fingerprint density at radius 1 is 0.296 bits per heavy atom. The van der Waals surface area contributed by atoms with E-state index in [1.54, 1.807) is 46.9 Å². The molecule has 0 atom stereocenters. The average Bonchev–Trinajstić information content (AvgIpc) is 0.965. The van der Waals surface area contributed by atoms with Gasteiger partial charge in [-0.05, 0) is 196 Å². The molecule has 24 rings (SSSR count).